The minimum absolute atomic E-state index is 0.441. The van der Waals surface area contributed by atoms with E-state index in [1.807, 2.05) is 0 Å². The number of ether oxygens (including phenoxy) is 1. The van der Waals surface area contributed by atoms with Gasteiger partial charge < -0.3 is 4.74 Å². The van der Waals surface area contributed by atoms with Gasteiger partial charge in [0.2, 0.25) is 0 Å². The van der Waals surface area contributed by atoms with Crippen LogP contribution in [0, 0.1) is 5.41 Å². The average Bonchev–Trinajstić information content (AvgIpc) is 2.13. The summed E-state index contributed by atoms with van der Waals surface area (Å²) in [6, 6.07) is 0. The molecule has 78 valence electrons. The maximum absolute atomic E-state index is 13.5. The van der Waals surface area contributed by atoms with Crippen LogP contribution in [-0.4, -0.2) is 12.5 Å². The molecule has 0 aliphatic heterocycles. The van der Waals surface area contributed by atoms with Crippen LogP contribution < -0.4 is 0 Å². The third-order valence-electron chi connectivity index (χ3n) is 2.83. The summed E-state index contributed by atoms with van der Waals surface area (Å²) in [5, 5.41) is 0. The van der Waals surface area contributed by atoms with E-state index in [1.165, 1.54) is 0 Å². The first-order valence-corrected chi connectivity index (χ1v) is 4.54. The molecule has 13 heavy (non-hydrogen) atoms. The smallest absolute Gasteiger partial charge is 0.286 e. The molecule has 0 spiro atoms. The number of hydrogen-bond donors (Lipinski definition) is 0. The summed E-state index contributed by atoms with van der Waals surface area (Å²) < 4.78 is 31.5. The van der Waals surface area contributed by atoms with Gasteiger partial charge in [0.1, 0.15) is 0 Å². The Kier molecular flexibility index (Phi) is 4.37. The van der Waals surface area contributed by atoms with Gasteiger partial charge >= 0.3 is 0 Å². The first kappa shape index (κ1) is 12.4. The largest absolute Gasteiger partial charge is 0.496 e. The lowest BCUT2D eigenvalue weighted by Gasteiger charge is -2.35. The molecule has 0 N–H and O–H groups in total. The number of halogens is 2. The summed E-state index contributed by atoms with van der Waals surface area (Å²) in [6.07, 6.45) is 1.94. The van der Waals surface area contributed by atoms with Gasteiger partial charge in [-0.15, -0.1) is 0 Å². The summed E-state index contributed by atoms with van der Waals surface area (Å²) >= 11 is 0. The molecule has 1 nitrogen and oxygen atoms in total. The highest BCUT2D eigenvalue weighted by Gasteiger charge is 2.47. The van der Waals surface area contributed by atoms with E-state index >= 15 is 0 Å². The quantitative estimate of drug-likeness (QED) is 0.584. The molecule has 0 bridgehead atoms. The van der Waals surface area contributed by atoms with E-state index in [2.05, 4.69) is 11.3 Å². The topological polar surface area (TPSA) is 9.23 Å². The zero-order valence-corrected chi connectivity index (χ0v) is 8.57. The van der Waals surface area contributed by atoms with E-state index < -0.39 is 17.9 Å². The number of hydrogen-bond acceptors (Lipinski definition) is 1. The van der Waals surface area contributed by atoms with Crippen LogP contribution >= 0.6 is 0 Å². The van der Waals surface area contributed by atoms with Crippen LogP contribution in [0.2, 0.25) is 0 Å². The van der Waals surface area contributed by atoms with E-state index in [0.717, 1.165) is 6.26 Å². The van der Waals surface area contributed by atoms with Crippen molar-refractivity contribution in [1.82, 2.24) is 0 Å². The molecule has 0 radical (unpaired) electrons. The molecule has 0 rings (SSSR count). The Morgan fingerprint density at radius 1 is 1.31 bits per heavy atom. The number of alkyl halides is 2. The Labute approximate surface area is 78.8 Å². The lowest BCUT2D eigenvalue weighted by molar-refractivity contribution is -0.149. The fraction of sp³-hybridized carbons (Fsp3) is 0.800. The fourth-order valence-corrected chi connectivity index (χ4v) is 1.11. The Bertz CT molecular complexity index is 162. The molecule has 0 atom stereocenters. The molecular formula is C10H18F2O. The Balaban J connectivity index is 4.46. The first-order chi connectivity index (χ1) is 5.93. The first-order valence-electron chi connectivity index (χ1n) is 4.54. The van der Waals surface area contributed by atoms with E-state index in [1.54, 1.807) is 20.8 Å². The molecule has 0 aromatic rings. The summed E-state index contributed by atoms with van der Waals surface area (Å²) in [4.78, 5) is 0. The van der Waals surface area contributed by atoms with Crippen LogP contribution in [0.1, 0.15) is 33.6 Å². The Morgan fingerprint density at radius 3 is 2.08 bits per heavy atom. The van der Waals surface area contributed by atoms with Crippen LogP contribution in [-0.2, 0) is 4.74 Å². The van der Waals surface area contributed by atoms with E-state index in [9.17, 15) is 8.78 Å². The molecular weight excluding hydrogens is 174 g/mol. The third kappa shape index (κ3) is 2.68. The molecule has 0 aliphatic carbocycles. The molecule has 0 amide bonds. The molecule has 3 heteroatoms. The summed E-state index contributed by atoms with van der Waals surface area (Å²) in [6.45, 7) is 7.79. The lowest BCUT2D eigenvalue weighted by atomic mass is 9.78. The van der Waals surface area contributed by atoms with Crippen molar-refractivity contribution in [3.8, 4) is 0 Å². The van der Waals surface area contributed by atoms with Gasteiger partial charge in [-0.1, -0.05) is 27.4 Å². The zero-order chi connectivity index (χ0) is 10.5. The van der Waals surface area contributed by atoms with Crippen LogP contribution in [0.25, 0.3) is 0 Å². The molecule has 0 fully saturated rings. The molecule has 0 unspecified atom stereocenters. The molecule has 0 aromatic heterocycles. The minimum Gasteiger partial charge on any atom is -0.496 e. The summed E-state index contributed by atoms with van der Waals surface area (Å²) in [5.41, 5.74) is -0.976. The van der Waals surface area contributed by atoms with E-state index in [-0.39, 0.29) is 0 Å². The zero-order valence-electron chi connectivity index (χ0n) is 8.57. The van der Waals surface area contributed by atoms with Gasteiger partial charge in [-0.2, -0.15) is 0 Å². The van der Waals surface area contributed by atoms with Crippen molar-refractivity contribution >= 4 is 0 Å². The van der Waals surface area contributed by atoms with Gasteiger partial charge in [-0.05, 0) is 12.8 Å². The van der Waals surface area contributed by atoms with Crippen molar-refractivity contribution in [2.75, 3.05) is 6.61 Å². The minimum atomic E-state index is -2.79. The predicted octanol–water partition coefficient (Wildman–Crippen LogP) is 3.61. The summed E-state index contributed by atoms with van der Waals surface area (Å²) in [5.74, 6) is -2.79. The molecule has 0 aliphatic rings. The fourth-order valence-electron chi connectivity index (χ4n) is 1.11. The Hall–Kier alpha value is -0.600. The van der Waals surface area contributed by atoms with Gasteiger partial charge in [0.15, 0.2) is 6.61 Å². The van der Waals surface area contributed by atoms with Crippen LogP contribution in [0.4, 0.5) is 8.78 Å². The van der Waals surface area contributed by atoms with Crippen molar-refractivity contribution in [1.29, 1.82) is 0 Å². The third-order valence-corrected chi connectivity index (χ3v) is 2.83. The number of rotatable bonds is 6. The van der Waals surface area contributed by atoms with Gasteiger partial charge in [0.05, 0.1) is 6.26 Å². The second-order valence-electron chi connectivity index (χ2n) is 3.45. The van der Waals surface area contributed by atoms with E-state index in [4.69, 9.17) is 0 Å². The van der Waals surface area contributed by atoms with Crippen molar-refractivity contribution in [3.05, 3.63) is 12.8 Å². The van der Waals surface area contributed by atoms with Crippen LogP contribution in [0.15, 0.2) is 12.8 Å². The second-order valence-corrected chi connectivity index (χ2v) is 3.45. The monoisotopic (exact) mass is 192 g/mol. The van der Waals surface area contributed by atoms with Crippen LogP contribution in [0.5, 0.6) is 0 Å². The second kappa shape index (κ2) is 4.58. The highest BCUT2D eigenvalue weighted by molar-refractivity contribution is 4.87. The maximum Gasteiger partial charge on any atom is 0.286 e. The molecule has 0 heterocycles. The van der Waals surface area contributed by atoms with Crippen molar-refractivity contribution in [3.63, 3.8) is 0 Å². The highest BCUT2D eigenvalue weighted by atomic mass is 19.3. The standard InChI is InChI=1S/C10H18F2O/c1-5-9(4,6-2)10(11,12)8-13-7-3/h7H,3,5-6,8H2,1-2,4H3. The molecule has 0 aromatic carbocycles. The van der Waals surface area contributed by atoms with Crippen molar-refractivity contribution < 1.29 is 13.5 Å². The van der Waals surface area contributed by atoms with Gasteiger partial charge in [-0.25, -0.2) is 8.78 Å². The van der Waals surface area contributed by atoms with Gasteiger partial charge in [-0.3, -0.25) is 0 Å². The maximum atomic E-state index is 13.5. The molecule has 0 saturated heterocycles. The normalized spacial score (nSPS) is 12.7. The SMILES string of the molecule is C=COCC(F)(F)C(C)(CC)CC. The van der Waals surface area contributed by atoms with E-state index in [0.29, 0.717) is 12.8 Å². The Morgan fingerprint density at radius 2 is 1.77 bits per heavy atom. The average molecular weight is 192 g/mol. The van der Waals surface area contributed by atoms with Gasteiger partial charge in [0, 0.05) is 5.41 Å². The van der Waals surface area contributed by atoms with Gasteiger partial charge in [0.25, 0.3) is 5.92 Å². The predicted molar refractivity (Wildman–Crippen MR) is 49.8 cm³/mol. The van der Waals surface area contributed by atoms with Crippen molar-refractivity contribution in [2.45, 2.75) is 39.5 Å². The highest BCUT2D eigenvalue weighted by Crippen LogP contribution is 2.42. The van der Waals surface area contributed by atoms with Crippen LogP contribution in [0.3, 0.4) is 0 Å². The summed E-state index contributed by atoms with van der Waals surface area (Å²) in [7, 11) is 0. The molecule has 0 saturated carbocycles. The van der Waals surface area contributed by atoms with Crippen molar-refractivity contribution in [2.24, 2.45) is 5.41 Å². The lowest BCUT2D eigenvalue weighted by Crippen LogP contribution is -2.41.